The Kier molecular flexibility index (Phi) is 4.13. The van der Waals surface area contributed by atoms with E-state index in [1.165, 1.54) is 12.1 Å². The van der Waals surface area contributed by atoms with E-state index in [-0.39, 0.29) is 5.82 Å². The molecule has 122 valence electrons. The van der Waals surface area contributed by atoms with Gasteiger partial charge >= 0.3 is 0 Å². The minimum absolute atomic E-state index is 0.307. The van der Waals surface area contributed by atoms with E-state index in [1.54, 1.807) is 30.2 Å². The van der Waals surface area contributed by atoms with E-state index in [0.29, 0.717) is 30.4 Å². The van der Waals surface area contributed by atoms with Crippen LogP contribution in [0.25, 0.3) is 11.5 Å². The molecule has 24 heavy (non-hydrogen) atoms. The molecule has 4 nitrogen and oxygen atoms in total. The largest absolute Gasteiger partial charge is 0.486 e. The molecule has 2 aromatic carbocycles. The molecule has 0 amide bonds. The zero-order chi connectivity index (χ0) is 16.4. The number of oxazole rings is 1. The molecule has 0 unspecified atom stereocenters. The summed E-state index contributed by atoms with van der Waals surface area (Å²) >= 11 is 1.63. The Morgan fingerprint density at radius 1 is 1.04 bits per heavy atom. The first-order chi connectivity index (χ1) is 11.8. The second-order valence-electron chi connectivity index (χ2n) is 5.25. The van der Waals surface area contributed by atoms with Crippen molar-refractivity contribution < 1.29 is 18.3 Å². The fraction of sp³-hybridized carbons (Fsp3) is 0.167. The lowest BCUT2D eigenvalue weighted by molar-refractivity contribution is 0.171. The number of fused-ring (bicyclic) bond motifs is 1. The Hall–Kier alpha value is -2.47. The van der Waals surface area contributed by atoms with E-state index < -0.39 is 0 Å². The van der Waals surface area contributed by atoms with Crippen molar-refractivity contribution in [1.29, 1.82) is 0 Å². The number of halogens is 1. The second-order valence-corrected chi connectivity index (χ2v) is 6.30. The van der Waals surface area contributed by atoms with E-state index in [0.717, 1.165) is 22.1 Å². The van der Waals surface area contributed by atoms with Crippen LogP contribution in [0.3, 0.4) is 0 Å². The van der Waals surface area contributed by atoms with E-state index in [4.69, 9.17) is 13.9 Å². The number of nitrogens with zero attached hydrogens (tertiary/aromatic N) is 1. The topological polar surface area (TPSA) is 44.5 Å². The Bertz CT molecular complexity index is 865. The van der Waals surface area contributed by atoms with Crippen molar-refractivity contribution in [1.82, 2.24) is 4.98 Å². The van der Waals surface area contributed by atoms with Crippen LogP contribution in [0.1, 0.15) is 5.69 Å². The van der Waals surface area contributed by atoms with Crippen molar-refractivity contribution in [2.45, 2.75) is 10.6 Å². The fourth-order valence-corrected chi connectivity index (χ4v) is 3.20. The first kappa shape index (κ1) is 15.1. The van der Waals surface area contributed by atoms with Crippen molar-refractivity contribution in [2.75, 3.05) is 13.2 Å². The maximum absolute atomic E-state index is 13.3. The van der Waals surface area contributed by atoms with Gasteiger partial charge in [-0.1, -0.05) is 6.07 Å². The van der Waals surface area contributed by atoms with Crippen LogP contribution in [0.5, 0.6) is 11.5 Å². The van der Waals surface area contributed by atoms with Crippen LogP contribution in [0, 0.1) is 5.82 Å². The Morgan fingerprint density at radius 3 is 2.79 bits per heavy atom. The lowest BCUT2D eigenvalue weighted by atomic mass is 10.2. The summed E-state index contributed by atoms with van der Waals surface area (Å²) in [5.41, 5.74) is 1.43. The molecular formula is C18H14FNO3S. The highest BCUT2D eigenvalue weighted by atomic mass is 32.2. The minimum atomic E-state index is -0.307. The molecule has 0 radical (unpaired) electrons. The summed E-state index contributed by atoms with van der Waals surface area (Å²) in [5, 5.41) is 0. The number of benzene rings is 2. The monoisotopic (exact) mass is 343 g/mol. The minimum Gasteiger partial charge on any atom is -0.486 e. The normalized spacial score (nSPS) is 13.0. The molecule has 0 saturated heterocycles. The van der Waals surface area contributed by atoms with Gasteiger partial charge in [-0.3, -0.25) is 0 Å². The predicted molar refractivity (Wildman–Crippen MR) is 88.9 cm³/mol. The predicted octanol–water partition coefficient (Wildman–Crippen LogP) is 4.54. The van der Waals surface area contributed by atoms with Crippen molar-refractivity contribution in [3.63, 3.8) is 0 Å². The van der Waals surface area contributed by atoms with Gasteiger partial charge in [0.2, 0.25) is 5.89 Å². The van der Waals surface area contributed by atoms with E-state index in [9.17, 15) is 4.39 Å². The van der Waals surface area contributed by atoms with Crippen LogP contribution in [0.2, 0.25) is 0 Å². The Labute approximate surface area is 142 Å². The molecule has 3 aromatic rings. The number of rotatable bonds is 4. The number of ether oxygens (including phenoxy) is 2. The number of aromatic nitrogens is 1. The number of hydrogen-bond donors (Lipinski definition) is 0. The van der Waals surface area contributed by atoms with Crippen LogP contribution in [0.4, 0.5) is 4.39 Å². The van der Waals surface area contributed by atoms with E-state index >= 15 is 0 Å². The molecule has 1 aliphatic rings. The lowest BCUT2D eigenvalue weighted by Gasteiger charge is -2.18. The van der Waals surface area contributed by atoms with Crippen LogP contribution in [0.15, 0.2) is 58.0 Å². The smallest absolute Gasteiger partial charge is 0.226 e. The van der Waals surface area contributed by atoms with Crippen LogP contribution in [-0.2, 0) is 5.75 Å². The van der Waals surface area contributed by atoms with Gasteiger partial charge in [-0.25, -0.2) is 9.37 Å². The standard InChI is InChI=1S/C18H14FNO3S/c19-13-3-1-2-12(8-13)18-20-14(10-23-18)11-24-15-4-5-16-17(9-15)22-7-6-21-16/h1-5,8-10H,6-7,11H2. The summed E-state index contributed by atoms with van der Waals surface area (Å²) in [7, 11) is 0. The maximum Gasteiger partial charge on any atom is 0.226 e. The molecule has 6 heteroatoms. The van der Waals surface area contributed by atoms with Gasteiger partial charge in [-0.2, -0.15) is 0 Å². The first-order valence-electron chi connectivity index (χ1n) is 7.51. The van der Waals surface area contributed by atoms with E-state index in [1.807, 2.05) is 18.2 Å². The maximum atomic E-state index is 13.3. The highest BCUT2D eigenvalue weighted by Crippen LogP contribution is 2.35. The summed E-state index contributed by atoms with van der Waals surface area (Å²) in [6.07, 6.45) is 1.60. The van der Waals surface area contributed by atoms with Gasteiger partial charge in [0.25, 0.3) is 0 Å². The molecule has 0 saturated carbocycles. The molecular weight excluding hydrogens is 329 g/mol. The fourth-order valence-electron chi connectivity index (χ4n) is 2.40. The quantitative estimate of drug-likeness (QED) is 0.651. The molecule has 2 heterocycles. The van der Waals surface area contributed by atoms with Gasteiger partial charge in [0.15, 0.2) is 11.5 Å². The molecule has 4 rings (SSSR count). The van der Waals surface area contributed by atoms with E-state index in [2.05, 4.69) is 4.98 Å². The average Bonchev–Trinajstić information content (AvgIpc) is 3.09. The van der Waals surface area contributed by atoms with Crippen molar-refractivity contribution in [3.05, 3.63) is 60.2 Å². The van der Waals surface area contributed by atoms with Crippen molar-refractivity contribution in [3.8, 4) is 23.0 Å². The highest BCUT2D eigenvalue weighted by Gasteiger charge is 2.13. The van der Waals surface area contributed by atoms with Gasteiger partial charge in [0.1, 0.15) is 25.3 Å². The molecule has 1 aliphatic heterocycles. The van der Waals surface area contributed by atoms with Gasteiger partial charge < -0.3 is 13.9 Å². The van der Waals surface area contributed by atoms with Crippen LogP contribution < -0.4 is 9.47 Å². The number of thioether (sulfide) groups is 1. The molecule has 0 bridgehead atoms. The number of hydrogen-bond acceptors (Lipinski definition) is 5. The summed E-state index contributed by atoms with van der Waals surface area (Å²) < 4.78 is 29.8. The molecule has 0 aliphatic carbocycles. The summed E-state index contributed by atoms with van der Waals surface area (Å²) in [5.74, 6) is 2.32. The van der Waals surface area contributed by atoms with Gasteiger partial charge in [-0.15, -0.1) is 11.8 Å². The van der Waals surface area contributed by atoms with Gasteiger partial charge in [-0.05, 0) is 36.4 Å². The third-order valence-corrected chi connectivity index (χ3v) is 4.55. The Balaban J connectivity index is 1.45. The highest BCUT2D eigenvalue weighted by molar-refractivity contribution is 7.98. The third kappa shape index (κ3) is 3.23. The van der Waals surface area contributed by atoms with Crippen molar-refractivity contribution >= 4 is 11.8 Å². The molecule has 0 N–H and O–H groups in total. The zero-order valence-corrected chi connectivity index (χ0v) is 13.5. The summed E-state index contributed by atoms with van der Waals surface area (Å²) in [6.45, 7) is 1.16. The lowest BCUT2D eigenvalue weighted by Crippen LogP contribution is -2.15. The van der Waals surface area contributed by atoms with Gasteiger partial charge in [0, 0.05) is 16.2 Å². The SMILES string of the molecule is Fc1cccc(-c2nc(CSc3ccc4c(c3)OCCO4)co2)c1. The average molecular weight is 343 g/mol. The molecule has 0 spiro atoms. The van der Waals surface area contributed by atoms with Crippen molar-refractivity contribution in [2.24, 2.45) is 0 Å². The molecule has 1 aromatic heterocycles. The third-order valence-electron chi connectivity index (χ3n) is 3.52. The zero-order valence-electron chi connectivity index (χ0n) is 12.7. The van der Waals surface area contributed by atoms with Gasteiger partial charge in [0.05, 0.1) is 5.69 Å². The molecule has 0 atom stereocenters. The second kappa shape index (κ2) is 6.57. The molecule has 0 fully saturated rings. The van der Waals surface area contributed by atoms with Crippen LogP contribution in [-0.4, -0.2) is 18.2 Å². The summed E-state index contributed by atoms with van der Waals surface area (Å²) in [6, 6.07) is 12.1. The first-order valence-corrected chi connectivity index (χ1v) is 8.49. The summed E-state index contributed by atoms with van der Waals surface area (Å²) in [4.78, 5) is 5.48. The Morgan fingerprint density at radius 2 is 1.92 bits per heavy atom. The van der Waals surface area contributed by atoms with Crippen LogP contribution >= 0.6 is 11.8 Å².